The number of nitrogens with one attached hydrogen (secondary N) is 1. The first-order chi connectivity index (χ1) is 9.01. The number of aromatic amines is 1. The molecule has 7 nitrogen and oxygen atoms in total. The molecule has 0 radical (unpaired) electrons. The molecule has 19 heavy (non-hydrogen) atoms. The Hall–Kier alpha value is -2.15. The Balaban J connectivity index is 2.53. The molecule has 104 valence electrons. The molecule has 0 aromatic carbocycles. The van der Waals surface area contributed by atoms with Crippen LogP contribution in [0.5, 0.6) is 0 Å². The van der Waals surface area contributed by atoms with Gasteiger partial charge in [0.25, 0.3) is 0 Å². The van der Waals surface area contributed by atoms with Crippen LogP contribution in [0.15, 0.2) is 22.6 Å². The van der Waals surface area contributed by atoms with E-state index < -0.39 is 0 Å². The van der Waals surface area contributed by atoms with Crippen molar-refractivity contribution in [2.24, 2.45) is 21.5 Å². The van der Waals surface area contributed by atoms with Gasteiger partial charge in [-0.15, -0.1) is 0 Å². The average molecular weight is 263 g/mol. The van der Waals surface area contributed by atoms with Gasteiger partial charge < -0.3 is 16.4 Å². The van der Waals surface area contributed by atoms with Crippen molar-refractivity contribution in [3.05, 3.63) is 18.3 Å². The molecule has 5 N–H and O–H groups in total. The summed E-state index contributed by atoms with van der Waals surface area (Å²) in [6.45, 7) is 5.12. The molecular weight excluding hydrogens is 242 g/mol. The zero-order valence-electron chi connectivity index (χ0n) is 11.4. The van der Waals surface area contributed by atoms with Crippen molar-refractivity contribution in [2.45, 2.75) is 6.42 Å². The van der Waals surface area contributed by atoms with E-state index in [-0.39, 0.29) is 0 Å². The first-order valence-electron chi connectivity index (χ1n) is 5.95. The number of likely N-dealkylation sites (N-methyl/N-ethyl adjacent to an activating group) is 1. The lowest BCUT2D eigenvalue weighted by molar-refractivity contribution is 0.420. The first-order valence-corrected chi connectivity index (χ1v) is 5.95. The van der Waals surface area contributed by atoms with Crippen LogP contribution in [0.25, 0.3) is 6.08 Å². The summed E-state index contributed by atoms with van der Waals surface area (Å²) in [5.74, 6) is 1.37. The fraction of sp³-hybridized carbons (Fsp3) is 0.417. The maximum Gasteiger partial charge on any atom is 0.175 e. The highest BCUT2D eigenvalue weighted by atomic mass is 15.2. The number of nitrogens with two attached hydrogens (primary N) is 2. The molecule has 1 aromatic rings. The van der Waals surface area contributed by atoms with Gasteiger partial charge in [-0.3, -0.25) is 10.1 Å². The molecule has 1 aromatic heterocycles. The van der Waals surface area contributed by atoms with Crippen molar-refractivity contribution in [3.63, 3.8) is 0 Å². The number of hydrogen-bond donors (Lipinski definition) is 3. The van der Waals surface area contributed by atoms with Gasteiger partial charge in [-0.05, 0) is 20.2 Å². The minimum absolute atomic E-state index is 0.337. The van der Waals surface area contributed by atoms with E-state index in [9.17, 15) is 0 Å². The van der Waals surface area contributed by atoms with Crippen molar-refractivity contribution < 1.29 is 0 Å². The third-order valence-electron chi connectivity index (χ3n) is 2.29. The predicted molar refractivity (Wildman–Crippen MR) is 79.6 cm³/mol. The van der Waals surface area contributed by atoms with Crippen molar-refractivity contribution in [3.8, 4) is 0 Å². The normalized spacial score (nSPS) is 13.0. The molecule has 0 saturated carbocycles. The van der Waals surface area contributed by atoms with Gasteiger partial charge in [-0.2, -0.15) is 5.10 Å². The smallest absolute Gasteiger partial charge is 0.175 e. The third kappa shape index (κ3) is 5.82. The van der Waals surface area contributed by atoms with E-state index in [0.717, 1.165) is 12.2 Å². The molecule has 7 heteroatoms. The molecule has 0 unspecified atom stereocenters. The number of H-pyrrole nitrogens is 1. The molecule has 1 rings (SSSR count). The molecular formula is C12H21N7. The van der Waals surface area contributed by atoms with Gasteiger partial charge in [0, 0.05) is 12.6 Å². The number of hydrogen-bond acceptors (Lipinski definition) is 4. The minimum atomic E-state index is 0.337. The maximum absolute atomic E-state index is 5.79. The van der Waals surface area contributed by atoms with Crippen molar-refractivity contribution >= 4 is 23.6 Å². The topological polar surface area (TPSA) is 109 Å². The van der Waals surface area contributed by atoms with Crippen LogP contribution >= 0.6 is 0 Å². The molecule has 0 fully saturated rings. The average Bonchev–Trinajstić information content (AvgIpc) is 2.75. The van der Waals surface area contributed by atoms with Gasteiger partial charge in [-0.25, -0.2) is 4.99 Å². The van der Waals surface area contributed by atoms with Gasteiger partial charge in [0.05, 0.1) is 18.7 Å². The fourth-order valence-corrected chi connectivity index (χ4v) is 1.31. The Morgan fingerprint density at radius 1 is 1.47 bits per heavy atom. The number of rotatable bonds is 7. The van der Waals surface area contributed by atoms with E-state index in [1.54, 1.807) is 12.1 Å². The zero-order valence-corrected chi connectivity index (χ0v) is 11.4. The van der Waals surface area contributed by atoms with E-state index in [0.29, 0.717) is 30.5 Å². The van der Waals surface area contributed by atoms with Gasteiger partial charge in [0.1, 0.15) is 11.7 Å². The van der Waals surface area contributed by atoms with Crippen LogP contribution in [0.2, 0.25) is 0 Å². The van der Waals surface area contributed by atoms with E-state index in [1.807, 2.05) is 19.0 Å². The Morgan fingerprint density at radius 2 is 2.21 bits per heavy atom. The molecule has 0 spiro atoms. The first kappa shape index (κ1) is 14.9. The van der Waals surface area contributed by atoms with Gasteiger partial charge in [-0.1, -0.05) is 6.58 Å². The summed E-state index contributed by atoms with van der Waals surface area (Å²) in [6, 6.07) is 1.75. The van der Waals surface area contributed by atoms with Gasteiger partial charge >= 0.3 is 0 Å². The monoisotopic (exact) mass is 263 g/mol. The quantitative estimate of drug-likeness (QED) is 0.487. The summed E-state index contributed by atoms with van der Waals surface area (Å²) in [7, 11) is 3.96. The second-order valence-corrected chi connectivity index (χ2v) is 4.34. The number of nitrogens with zero attached hydrogens (tertiary/aromatic N) is 4. The lowest BCUT2D eigenvalue weighted by Gasteiger charge is -2.06. The largest absolute Gasteiger partial charge is 0.387 e. The summed E-state index contributed by atoms with van der Waals surface area (Å²) < 4.78 is 0. The van der Waals surface area contributed by atoms with Gasteiger partial charge in [0.15, 0.2) is 5.82 Å². The van der Waals surface area contributed by atoms with Gasteiger partial charge in [0.2, 0.25) is 0 Å². The molecule has 0 aliphatic carbocycles. The van der Waals surface area contributed by atoms with Crippen LogP contribution in [0, 0.1) is 0 Å². The third-order valence-corrected chi connectivity index (χ3v) is 2.29. The Bertz CT molecular complexity index is 470. The van der Waals surface area contributed by atoms with Crippen molar-refractivity contribution in [1.82, 2.24) is 15.1 Å². The molecule has 0 aliphatic heterocycles. The zero-order chi connectivity index (χ0) is 14.3. The fourth-order valence-electron chi connectivity index (χ4n) is 1.31. The van der Waals surface area contributed by atoms with Crippen LogP contribution < -0.4 is 11.5 Å². The predicted octanol–water partition coefficient (Wildman–Crippen LogP) is 0.350. The summed E-state index contributed by atoms with van der Waals surface area (Å²) in [4.78, 5) is 10.4. The summed E-state index contributed by atoms with van der Waals surface area (Å²) >= 11 is 0. The van der Waals surface area contributed by atoms with E-state index in [2.05, 4.69) is 26.8 Å². The lowest BCUT2D eigenvalue weighted by Crippen LogP contribution is -2.24. The van der Waals surface area contributed by atoms with Crippen molar-refractivity contribution in [2.75, 3.05) is 27.2 Å². The van der Waals surface area contributed by atoms with Crippen LogP contribution in [-0.2, 0) is 0 Å². The number of aromatic nitrogens is 2. The Morgan fingerprint density at radius 3 is 2.79 bits per heavy atom. The highest BCUT2D eigenvalue weighted by Gasteiger charge is 2.01. The SMILES string of the molecule is C=Cc1cc(N=C(N)CC(N)=NCCN(C)C)n[nH]1. The number of amidine groups is 2. The minimum Gasteiger partial charge on any atom is -0.387 e. The van der Waals surface area contributed by atoms with E-state index in [1.165, 1.54) is 0 Å². The highest BCUT2D eigenvalue weighted by Crippen LogP contribution is 2.09. The molecule has 0 saturated heterocycles. The molecule has 0 aliphatic rings. The van der Waals surface area contributed by atoms with E-state index in [4.69, 9.17) is 11.5 Å². The maximum atomic E-state index is 5.79. The van der Waals surface area contributed by atoms with Crippen LogP contribution in [0.3, 0.4) is 0 Å². The molecule has 1 heterocycles. The molecule has 0 bridgehead atoms. The van der Waals surface area contributed by atoms with Crippen LogP contribution in [0.1, 0.15) is 12.1 Å². The highest BCUT2D eigenvalue weighted by molar-refractivity contribution is 6.01. The summed E-state index contributed by atoms with van der Waals surface area (Å²) in [6.07, 6.45) is 1.99. The Kier molecular flexibility index (Phi) is 5.74. The van der Waals surface area contributed by atoms with Crippen LogP contribution in [0.4, 0.5) is 5.82 Å². The van der Waals surface area contributed by atoms with Crippen LogP contribution in [-0.4, -0.2) is 54.0 Å². The standard InChI is InChI=1S/C12H21N7/c1-4-9-7-12(18-17-9)16-11(14)8-10(13)15-5-6-19(2)3/h4,7H,1,5-6,8H2,2-3H3,(H2,13,15)(H3,14,16,17,18). The lowest BCUT2D eigenvalue weighted by atomic mass is 10.3. The second-order valence-electron chi connectivity index (χ2n) is 4.34. The summed E-state index contributed by atoms with van der Waals surface area (Å²) in [5, 5.41) is 6.73. The molecule has 0 amide bonds. The number of aliphatic imine (C=N–C) groups is 2. The second kappa shape index (κ2) is 7.32. The molecule has 0 atom stereocenters. The summed E-state index contributed by atoms with van der Waals surface area (Å²) in [5.41, 5.74) is 12.4. The van der Waals surface area contributed by atoms with E-state index >= 15 is 0 Å². The Labute approximate surface area is 113 Å². The van der Waals surface area contributed by atoms with Crippen molar-refractivity contribution in [1.29, 1.82) is 0 Å².